The number of rotatable bonds is 8. The van der Waals surface area contributed by atoms with Crippen LogP contribution in [0.1, 0.15) is 23.6 Å². The molecule has 0 atom stereocenters. The molecule has 5 nitrogen and oxygen atoms in total. The maximum absolute atomic E-state index is 13.0. The molecule has 9 heteroatoms. The van der Waals surface area contributed by atoms with Crippen molar-refractivity contribution in [3.63, 3.8) is 0 Å². The number of hydrogen-bond acceptors (Lipinski definition) is 5. The molecule has 2 amide bonds. The lowest BCUT2D eigenvalue weighted by Crippen LogP contribution is -2.27. The van der Waals surface area contributed by atoms with Crippen LogP contribution >= 0.6 is 46.6 Å². The number of ether oxygens (including phenoxy) is 2. The summed E-state index contributed by atoms with van der Waals surface area (Å²) >= 11 is 19.4. The maximum Gasteiger partial charge on any atom is 0.293 e. The Hall–Kier alpha value is -2.64. The van der Waals surface area contributed by atoms with Crippen molar-refractivity contribution >= 4 is 63.8 Å². The lowest BCUT2D eigenvalue weighted by atomic mass is 10.1. The number of benzene rings is 3. The molecule has 1 fully saturated rings. The number of hydrogen-bond donors (Lipinski definition) is 0. The van der Waals surface area contributed by atoms with Gasteiger partial charge in [0.05, 0.1) is 33.1 Å². The monoisotopic (exact) mass is 547 g/mol. The second-order valence-corrected chi connectivity index (χ2v) is 9.77. The van der Waals surface area contributed by atoms with E-state index in [1.807, 2.05) is 37.3 Å². The Balaban J connectivity index is 1.55. The molecule has 0 bridgehead atoms. The zero-order chi connectivity index (χ0) is 24.9. The Labute approximate surface area is 222 Å². The first-order chi connectivity index (χ1) is 16.9. The number of imide groups is 1. The molecule has 0 aliphatic carbocycles. The van der Waals surface area contributed by atoms with Gasteiger partial charge in [-0.3, -0.25) is 14.5 Å². The molecule has 0 aromatic heterocycles. The van der Waals surface area contributed by atoms with E-state index in [1.54, 1.807) is 36.4 Å². The average Bonchev–Trinajstić information content (AvgIpc) is 3.09. The molecule has 1 aliphatic rings. The number of thioether (sulfide) groups is 1. The van der Waals surface area contributed by atoms with Crippen LogP contribution in [-0.4, -0.2) is 22.7 Å². The van der Waals surface area contributed by atoms with E-state index < -0.39 is 5.91 Å². The van der Waals surface area contributed by atoms with Crippen molar-refractivity contribution < 1.29 is 19.1 Å². The number of nitrogens with zero attached hydrogens (tertiary/aromatic N) is 1. The van der Waals surface area contributed by atoms with Crippen LogP contribution in [0.3, 0.4) is 0 Å². The number of amides is 2. The normalized spacial score (nSPS) is 14.6. The van der Waals surface area contributed by atoms with Gasteiger partial charge < -0.3 is 9.47 Å². The third-order valence-corrected chi connectivity index (χ3v) is 6.98. The van der Waals surface area contributed by atoms with Gasteiger partial charge in [0.2, 0.25) is 0 Å². The molecule has 1 saturated heterocycles. The zero-order valence-electron chi connectivity index (χ0n) is 18.6. The van der Waals surface area contributed by atoms with E-state index in [-0.39, 0.29) is 16.7 Å². The summed E-state index contributed by atoms with van der Waals surface area (Å²) in [7, 11) is 0. The molecule has 0 unspecified atom stereocenters. The second kappa shape index (κ2) is 11.4. The highest BCUT2D eigenvalue weighted by atomic mass is 35.5. The topological polar surface area (TPSA) is 55.8 Å². The van der Waals surface area contributed by atoms with Gasteiger partial charge in [0.25, 0.3) is 11.1 Å². The summed E-state index contributed by atoms with van der Waals surface area (Å²) in [4.78, 5) is 27.0. The Kier molecular flexibility index (Phi) is 8.29. The highest BCUT2D eigenvalue weighted by molar-refractivity contribution is 8.18. The predicted molar refractivity (Wildman–Crippen MR) is 141 cm³/mol. The summed E-state index contributed by atoms with van der Waals surface area (Å²) in [6.45, 7) is 2.68. The van der Waals surface area contributed by atoms with Gasteiger partial charge in [0, 0.05) is 0 Å². The molecule has 0 radical (unpaired) electrons. The molecule has 4 rings (SSSR count). The van der Waals surface area contributed by atoms with Crippen LogP contribution in [0.4, 0.5) is 4.79 Å². The van der Waals surface area contributed by atoms with Gasteiger partial charge in [-0.25, -0.2) is 0 Å². The third-order valence-electron chi connectivity index (χ3n) is 5.05. The fraction of sp³-hybridized carbons (Fsp3) is 0.154. The highest BCUT2D eigenvalue weighted by Gasteiger charge is 2.35. The molecule has 3 aromatic rings. The molecular formula is C26H20Cl3NO4S. The first-order valence-corrected chi connectivity index (χ1v) is 12.6. The molecule has 0 spiro atoms. The van der Waals surface area contributed by atoms with E-state index in [9.17, 15) is 9.59 Å². The van der Waals surface area contributed by atoms with Crippen molar-refractivity contribution in [1.29, 1.82) is 0 Å². The predicted octanol–water partition coefficient (Wildman–Crippen LogP) is 7.86. The second-order valence-electron chi connectivity index (χ2n) is 7.55. The van der Waals surface area contributed by atoms with E-state index >= 15 is 0 Å². The molecule has 0 N–H and O–H groups in total. The van der Waals surface area contributed by atoms with Gasteiger partial charge in [-0.1, -0.05) is 71.2 Å². The summed E-state index contributed by atoms with van der Waals surface area (Å²) in [5, 5.41) is 0.737. The highest BCUT2D eigenvalue weighted by Crippen LogP contribution is 2.40. The van der Waals surface area contributed by atoms with E-state index in [4.69, 9.17) is 44.3 Å². The number of halogens is 3. The van der Waals surface area contributed by atoms with Gasteiger partial charge in [-0.2, -0.15) is 0 Å². The molecular weight excluding hydrogens is 529 g/mol. The van der Waals surface area contributed by atoms with Gasteiger partial charge in [0.1, 0.15) is 6.61 Å². The van der Waals surface area contributed by atoms with Crippen molar-refractivity contribution in [3.8, 4) is 11.5 Å². The van der Waals surface area contributed by atoms with E-state index in [2.05, 4.69) is 0 Å². The standard InChI is InChI=1S/C26H20Cl3NO4S/c1-2-33-22-12-18(11-21(29)24(22)34-15-16-6-4-3-5-7-16)13-23-25(31)30(26(32)35-23)14-17-8-9-19(27)20(28)10-17/h3-13H,2,14-15H2,1H3/b23-13-. The van der Waals surface area contributed by atoms with Crippen molar-refractivity contribution in [1.82, 2.24) is 4.90 Å². The minimum atomic E-state index is -0.399. The van der Waals surface area contributed by atoms with Gasteiger partial charge in [-0.05, 0) is 65.7 Å². The first-order valence-electron chi connectivity index (χ1n) is 10.7. The fourth-order valence-corrected chi connectivity index (χ4v) is 4.84. The first kappa shape index (κ1) is 25.5. The lowest BCUT2D eigenvalue weighted by Gasteiger charge is -2.15. The third kappa shape index (κ3) is 6.14. The Morgan fingerprint density at radius 1 is 0.886 bits per heavy atom. The van der Waals surface area contributed by atoms with Crippen molar-refractivity contribution in [2.75, 3.05) is 6.61 Å². The molecule has 1 heterocycles. The zero-order valence-corrected chi connectivity index (χ0v) is 21.7. The summed E-state index contributed by atoms with van der Waals surface area (Å²) in [5.41, 5.74) is 2.31. The Morgan fingerprint density at radius 2 is 1.66 bits per heavy atom. The fourth-order valence-electron chi connectivity index (χ4n) is 3.41. The van der Waals surface area contributed by atoms with E-state index in [1.165, 1.54) is 4.90 Å². The minimum absolute atomic E-state index is 0.0934. The van der Waals surface area contributed by atoms with Crippen LogP contribution in [0.15, 0.2) is 65.6 Å². The molecule has 1 aliphatic heterocycles. The molecule has 180 valence electrons. The SMILES string of the molecule is CCOc1cc(/C=C2\SC(=O)N(Cc3ccc(Cl)c(Cl)c3)C2=O)cc(Cl)c1OCc1ccccc1. The van der Waals surface area contributed by atoms with Crippen molar-refractivity contribution in [2.45, 2.75) is 20.1 Å². The van der Waals surface area contributed by atoms with E-state index in [0.29, 0.717) is 50.9 Å². The molecule has 3 aromatic carbocycles. The summed E-state index contributed by atoms with van der Waals surface area (Å²) in [5.74, 6) is 0.476. The van der Waals surface area contributed by atoms with Crippen molar-refractivity contribution in [3.05, 3.63) is 97.3 Å². The van der Waals surface area contributed by atoms with Crippen LogP contribution in [0, 0.1) is 0 Å². The maximum atomic E-state index is 13.0. The average molecular weight is 549 g/mol. The lowest BCUT2D eigenvalue weighted by molar-refractivity contribution is -0.123. The molecule has 0 saturated carbocycles. The van der Waals surface area contributed by atoms with E-state index in [0.717, 1.165) is 17.3 Å². The van der Waals surface area contributed by atoms with Gasteiger partial charge >= 0.3 is 0 Å². The quantitative estimate of drug-likeness (QED) is 0.268. The summed E-state index contributed by atoms with van der Waals surface area (Å²) in [6, 6.07) is 18.1. The largest absolute Gasteiger partial charge is 0.490 e. The van der Waals surface area contributed by atoms with Crippen LogP contribution in [0.25, 0.3) is 6.08 Å². The Morgan fingerprint density at radius 3 is 2.37 bits per heavy atom. The van der Waals surface area contributed by atoms with Crippen LogP contribution in [-0.2, 0) is 17.9 Å². The summed E-state index contributed by atoms with van der Waals surface area (Å²) in [6.07, 6.45) is 1.62. The Bertz CT molecular complexity index is 1300. The van der Waals surface area contributed by atoms with Crippen LogP contribution in [0.5, 0.6) is 11.5 Å². The smallest absolute Gasteiger partial charge is 0.293 e. The van der Waals surface area contributed by atoms with Gasteiger partial charge in [0.15, 0.2) is 11.5 Å². The minimum Gasteiger partial charge on any atom is -0.490 e. The number of carbonyl (C=O) groups is 2. The van der Waals surface area contributed by atoms with Crippen molar-refractivity contribution in [2.24, 2.45) is 0 Å². The number of carbonyl (C=O) groups excluding carboxylic acids is 2. The summed E-state index contributed by atoms with van der Waals surface area (Å²) < 4.78 is 11.7. The van der Waals surface area contributed by atoms with Gasteiger partial charge in [-0.15, -0.1) is 0 Å². The van der Waals surface area contributed by atoms with Crippen LogP contribution in [0.2, 0.25) is 15.1 Å². The molecule has 35 heavy (non-hydrogen) atoms. The van der Waals surface area contributed by atoms with Crippen LogP contribution < -0.4 is 9.47 Å².